The first-order valence-electron chi connectivity index (χ1n) is 13.8. The molecule has 2 aliphatic rings. The molecular formula is C34H32N4P2. The van der Waals surface area contributed by atoms with Gasteiger partial charge in [-0.2, -0.15) is 0 Å². The Labute approximate surface area is 238 Å². The zero-order valence-electron chi connectivity index (χ0n) is 22.1. The average molecular weight is 559 g/mol. The molecule has 5 aromatic rings. The van der Waals surface area contributed by atoms with Gasteiger partial charge < -0.3 is 0 Å². The van der Waals surface area contributed by atoms with Crippen LogP contribution in [0.25, 0.3) is 0 Å². The number of hydrazine groups is 2. The standard InChI is InChI=1S/C34H32N4P2/c1-5-15-25(16-6-1)31-35-36-32(26-17-7-2-8-18-26)39(31)29-23-13-14-24-30(29)40-33(27-19-9-3-10-20-27)37-38-34(40)28-21-11-4-12-22-28/h1-24,31-38H/t31-,32?,33-,34?,39?,40?/m0/s1. The maximum atomic E-state index is 3.73. The minimum Gasteiger partial charge on any atom is -0.245 e. The third-order valence-corrected chi connectivity index (χ3v) is 13.7. The molecule has 0 radical (unpaired) electrons. The van der Waals surface area contributed by atoms with Crippen LogP contribution in [0.15, 0.2) is 146 Å². The van der Waals surface area contributed by atoms with Crippen molar-refractivity contribution in [2.45, 2.75) is 23.1 Å². The average Bonchev–Trinajstić information content (AvgIpc) is 3.68. The minimum atomic E-state index is -0.694. The molecule has 2 aliphatic heterocycles. The minimum absolute atomic E-state index is 0.200. The van der Waals surface area contributed by atoms with E-state index in [0.29, 0.717) is 0 Å². The van der Waals surface area contributed by atoms with E-state index in [1.54, 1.807) is 0 Å². The molecular weight excluding hydrogens is 526 g/mol. The van der Waals surface area contributed by atoms with Crippen molar-refractivity contribution in [2.75, 3.05) is 0 Å². The van der Waals surface area contributed by atoms with Crippen molar-refractivity contribution in [1.29, 1.82) is 0 Å². The van der Waals surface area contributed by atoms with E-state index in [1.807, 2.05) is 0 Å². The van der Waals surface area contributed by atoms with Crippen LogP contribution >= 0.6 is 15.8 Å². The van der Waals surface area contributed by atoms with Crippen LogP contribution in [-0.2, 0) is 0 Å². The zero-order chi connectivity index (χ0) is 26.7. The van der Waals surface area contributed by atoms with Gasteiger partial charge >= 0.3 is 0 Å². The highest BCUT2D eigenvalue weighted by molar-refractivity contribution is 7.72. The lowest BCUT2D eigenvalue weighted by molar-refractivity contribution is 0.555. The van der Waals surface area contributed by atoms with Gasteiger partial charge in [0.1, 0.15) is 0 Å². The molecule has 2 heterocycles. The fourth-order valence-electron chi connectivity index (χ4n) is 5.87. The lowest BCUT2D eigenvalue weighted by atomic mass is 10.2. The smallest absolute Gasteiger partial charge is 0.0718 e. The monoisotopic (exact) mass is 558 g/mol. The molecule has 2 fully saturated rings. The van der Waals surface area contributed by atoms with E-state index in [4.69, 9.17) is 0 Å². The molecule has 0 bridgehead atoms. The summed E-state index contributed by atoms with van der Waals surface area (Å²) < 4.78 is 0. The summed E-state index contributed by atoms with van der Waals surface area (Å²) in [5.41, 5.74) is 20.2. The first kappa shape index (κ1) is 25.7. The van der Waals surface area contributed by atoms with Crippen LogP contribution in [0.5, 0.6) is 0 Å². The number of hydrogen-bond acceptors (Lipinski definition) is 4. The molecule has 6 heteroatoms. The summed E-state index contributed by atoms with van der Waals surface area (Å²) in [4.78, 5) is 0. The summed E-state index contributed by atoms with van der Waals surface area (Å²) in [6, 6.07) is 52.9. The maximum Gasteiger partial charge on any atom is 0.0718 e. The van der Waals surface area contributed by atoms with E-state index in [9.17, 15) is 0 Å². The van der Waals surface area contributed by atoms with Crippen molar-refractivity contribution < 1.29 is 0 Å². The van der Waals surface area contributed by atoms with Crippen LogP contribution in [-0.4, -0.2) is 0 Å². The van der Waals surface area contributed by atoms with Gasteiger partial charge in [-0.15, -0.1) is 0 Å². The summed E-state index contributed by atoms with van der Waals surface area (Å²) in [5, 5.41) is 2.94. The van der Waals surface area contributed by atoms with Crippen molar-refractivity contribution in [3.63, 3.8) is 0 Å². The predicted octanol–water partition coefficient (Wildman–Crippen LogP) is 6.91. The number of rotatable bonds is 6. The highest BCUT2D eigenvalue weighted by atomic mass is 31.1. The van der Waals surface area contributed by atoms with Gasteiger partial charge in [-0.05, 0) is 48.7 Å². The summed E-state index contributed by atoms with van der Waals surface area (Å²) in [6.45, 7) is 0. The Balaban J connectivity index is 1.39. The van der Waals surface area contributed by atoms with Gasteiger partial charge in [0.2, 0.25) is 0 Å². The van der Waals surface area contributed by atoms with Crippen LogP contribution < -0.4 is 32.3 Å². The fraction of sp³-hybridized carbons (Fsp3) is 0.118. The summed E-state index contributed by atoms with van der Waals surface area (Å²) in [5.74, 6) is 0.802. The van der Waals surface area contributed by atoms with Gasteiger partial charge in [-0.3, -0.25) is 0 Å². The first-order chi connectivity index (χ1) is 19.9. The lowest BCUT2D eigenvalue weighted by Gasteiger charge is -2.32. The van der Waals surface area contributed by atoms with Gasteiger partial charge in [-0.25, -0.2) is 21.7 Å². The normalized spacial score (nSPS) is 26.1. The second-order valence-electron chi connectivity index (χ2n) is 10.1. The molecule has 0 aromatic heterocycles. The second kappa shape index (κ2) is 11.7. The highest BCUT2D eigenvalue weighted by Gasteiger charge is 2.44. The Kier molecular flexibility index (Phi) is 7.55. The molecule has 6 atom stereocenters. The summed E-state index contributed by atoms with van der Waals surface area (Å²) in [7, 11) is -1.39. The first-order valence-corrected chi connectivity index (χ1v) is 16.7. The fourth-order valence-corrected chi connectivity index (χ4v) is 12.3. The van der Waals surface area contributed by atoms with E-state index < -0.39 is 15.8 Å². The van der Waals surface area contributed by atoms with Crippen molar-refractivity contribution in [1.82, 2.24) is 21.7 Å². The van der Waals surface area contributed by atoms with E-state index in [-0.39, 0.29) is 23.1 Å². The molecule has 0 spiro atoms. The lowest BCUT2D eigenvalue weighted by Crippen LogP contribution is -2.27. The van der Waals surface area contributed by atoms with Gasteiger partial charge in [0, 0.05) is 0 Å². The Morgan fingerprint density at radius 2 is 0.525 bits per heavy atom. The molecule has 7 rings (SSSR count). The van der Waals surface area contributed by atoms with E-state index in [1.165, 1.54) is 32.9 Å². The molecule has 0 saturated carbocycles. The van der Waals surface area contributed by atoms with E-state index in [2.05, 4.69) is 167 Å². The molecule has 0 amide bonds. The SMILES string of the molecule is c1ccc(C2NN[C@H](c3ccccc3)P2c2ccccc2P2C(c3ccccc3)NN[C@@H]2c2ccccc2)cc1. The Morgan fingerprint density at radius 3 is 0.775 bits per heavy atom. The Bertz CT molecular complexity index is 1320. The van der Waals surface area contributed by atoms with Gasteiger partial charge in [0.15, 0.2) is 0 Å². The topological polar surface area (TPSA) is 48.1 Å². The summed E-state index contributed by atoms with van der Waals surface area (Å²) in [6.07, 6.45) is 0. The molecule has 5 aromatic carbocycles. The molecule has 40 heavy (non-hydrogen) atoms. The number of hydrogen-bond donors (Lipinski definition) is 4. The van der Waals surface area contributed by atoms with Gasteiger partial charge in [0.25, 0.3) is 0 Å². The third kappa shape index (κ3) is 4.93. The second-order valence-corrected chi connectivity index (χ2v) is 14.8. The predicted molar refractivity (Wildman–Crippen MR) is 169 cm³/mol. The van der Waals surface area contributed by atoms with Crippen LogP contribution in [0.1, 0.15) is 45.4 Å². The number of nitrogens with one attached hydrogen (secondary N) is 4. The van der Waals surface area contributed by atoms with Gasteiger partial charge in [0.05, 0.1) is 23.1 Å². The van der Waals surface area contributed by atoms with Crippen molar-refractivity contribution >= 4 is 26.5 Å². The van der Waals surface area contributed by atoms with Gasteiger partial charge in [-0.1, -0.05) is 146 Å². The molecule has 4 nitrogen and oxygen atoms in total. The van der Waals surface area contributed by atoms with Crippen molar-refractivity contribution in [3.05, 3.63) is 168 Å². The number of benzene rings is 5. The Morgan fingerprint density at radius 1 is 0.300 bits per heavy atom. The van der Waals surface area contributed by atoms with Crippen molar-refractivity contribution in [2.24, 2.45) is 0 Å². The van der Waals surface area contributed by atoms with E-state index >= 15 is 0 Å². The Hall–Kier alpha value is -3.20. The maximum absolute atomic E-state index is 3.73. The van der Waals surface area contributed by atoms with Crippen molar-refractivity contribution in [3.8, 4) is 0 Å². The van der Waals surface area contributed by atoms with E-state index in [0.717, 1.165) is 0 Å². The quantitative estimate of drug-likeness (QED) is 0.171. The third-order valence-electron chi connectivity index (χ3n) is 7.73. The van der Waals surface area contributed by atoms with Crippen LogP contribution in [0.4, 0.5) is 0 Å². The van der Waals surface area contributed by atoms with Crippen LogP contribution in [0.2, 0.25) is 0 Å². The zero-order valence-corrected chi connectivity index (χ0v) is 23.8. The molecule has 4 N–H and O–H groups in total. The highest BCUT2D eigenvalue weighted by Crippen LogP contribution is 2.65. The summed E-state index contributed by atoms with van der Waals surface area (Å²) >= 11 is 0. The largest absolute Gasteiger partial charge is 0.245 e. The molecule has 4 unspecified atom stereocenters. The molecule has 0 aliphatic carbocycles. The molecule has 198 valence electrons. The molecule has 2 saturated heterocycles. The van der Waals surface area contributed by atoms with Crippen LogP contribution in [0, 0.1) is 0 Å². The van der Waals surface area contributed by atoms with Crippen LogP contribution in [0.3, 0.4) is 0 Å².